The Balaban J connectivity index is 2.12. The molecule has 1 unspecified atom stereocenters. The van der Waals surface area contributed by atoms with Crippen LogP contribution in [-0.2, 0) is 0 Å². The fraction of sp³-hybridized carbons (Fsp3) is 0.571. The van der Waals surface area contributed by atoms with Gasteiger partial charge in [0.15, 0.2) is 0 Å². The molecule has 0 aliphatic carbocycles. The maximum absolute atomic E-state index is 14.3. The van der Waals surface area contributed by atoms with E-state index in [1.807, 2.05) is 25.1 Å². The molecular formula is C14H20FN. The van der Waals surface area contributed by atoms with Crippen LogP contribution in [0, 0.1) is 19.8 Å². The van der Waals surface area contributed by atoms with Crippen LogP contribution in [0.4, 0.5) is 4.39 Å². The highest BCUT2D eigenvalue weighted by Crippen LogP contribution is 2.32. The van der Waals surface area contributed by atoms with Gasteiger partial charge in [0.05, 0.1) is 0 Å². The first-order valence-electron chi connectivity index (χ1n) is 6.10. The molecule has 0 radical (unpaired) electrons. The highest BCUT2D eigenvalue weighted by Gasteiger charge is 2.24. The Morgan fingerprint density at radius 2 is 1.88 bits per heavy atom. The zero-order chi connectivity index (χ0) is 11.5. The number of hydrogen-bond donors (Lipinski definition) is 1. The molecule has 1 fully saturated rings. The lowest BCUT2D eigenvalue weighted by Gasteiger charge is -2.26. The number of benzene rings is 1. The van der Waals surface area contributed by atoms with Crippen molar-refractivity contribution in [3.8, 4) is 0 Å². The molecule has 1 aromatic rings. The van der Waals surface area contributed by atoms with Crippen molar-refractivity contribution in [3.05, 3.63) is 34.9 Å². The lowest BCUT2D eigenvalue weighted by Crippen LogP contribution is -2.29. The van der Waals surface area contributed by atoms with E-state index in [0.29, 0.717) is 0 Å². The van der Waals surface area contributed by atoms with Crippen molar-refractivity contribution in [2.24, 2.45) is 5.92 Å². The van der Waals surface area contributed by atoms with Gasteiger partial charge in [-0.1, -0.05) is 18.2 Å². The zero-order valence-electron chi connectivity index (χ0n) is 10.1. The second-order valence-electron chi connectivity index (χ2n) is 4.83. The van der Waals surface area contributed by atoms with Crippen LogP contribution < -0.4 is 5.32 Å². The van der Waals surface area contributed by atoms with E-state index in [9.17, 15) is 4.39 Å². The molecule has 0 aromatic heterocycles. The molecule has 16 heavy (non-hydrogen) atoms. The monoisotopic (exact) mass is 221 g/mol. The molecule has 1 heterocycles. The van der Waals surface area contributed by atoms with Gasteiger partial charge in [0.25, 0.3) is 0 Å². The maximum atomic E-state index is 14.3. The van der Waals surface area contributed by atoms with Gasteiger partial charge in [-0.05, 0) is 62.4 Å². The average molecular weight is 221 g/mol. The molecule has 1 atom stereocenters. The first-order chi connectivity index (χ1) is 7.68. The molecular weight excluding hydrogens is 201 g/mol. The zero-order valence-corrected chi connectivity index (χ0v) is 10.1. The summed E-state index contributed by atoms with van der Waals surface area (Å²) in [4.78, 5) is 0. The van der Waals surface area contributed by atoms with E-state index in [2.05, 4.69) is 12.2 Å². The number of hydrogen-bond acceptors (Lipinski definition) is 1. The predicted octanol–water partition coefficient (Wildman–Crippen LogP) is 3.31. The van der Waals surface area contributed by atoms with Crippen molar-refractivity contribution in [3.63, 3.8) is 0 Å². The first-order valence-corrected chi connectivity index (χ1v) is 6.10. The molecule has 0 amide bonds. The topological polar surface area (TPSA) is 12.0 Å². The molecule has 1 aliphatic heterocycles. The number of alkyl halides is 1. The van der Waals surface area contributed by atoms with Crippen LogP contribution in [-0.4, -0.2) is 13.1 Å². The van der Waals surface area contributed by atoms with E-state index in [4.69, 9.17) is 0 Å². The van der Waals surface area contributed by atoms with Crippen molar-refractivity contribution < 1.29 is 4.39 Å². The van der Waals surface area contributed by atoms with Gasteiger partial charge in [-0.15, -0.1) is 0 Å². The van der Waals surface area contributed by atoms with Crippen molar-refractivity contribution in [1.29, 1.82) is 0 Å². The molecule has 1 aliphatic rings. The van der Waals surface area contributed by atoms with Gasteiger partial charge < -0.3 is 5.32 Å². The van der Waals surface area contributed by atoms with Gasteiger partial charge in [-0.25, -0.2) is 4.39 Å². The molecule has 0 bridgehead atoms. The minimum absolute atomic E-state index is 0.198. The van der Waals surface area contributed by atoms with Gasteiger partial charge in [-0.3, -0.25) is 0 Å². The summed E-state index contributed by atoms with van der Waals surface area (Å²) in [5.74, 6) is 0.198. The molecule has 88 valence electrons. The SMILES string of the molecule is Cc1ccc(C(F)C2CCNCC2)cc1C. The van der Waals surface area contributed by atoms with Crippen LogP contribution >= 0.6 is 0 Å². The fourth-order valence-corrected chi connectivity index (χ4v) is 2.35. The third-order valence-electron chi connectivity index (χ3n) is 3.65. The summed E-state index contributed by atoms with van der Waals surface area (Å²) in [6.45, 7) is 6.02. The van der Waals surface area contributed by atoms with Crippen molar-refractivity contribution >= 4 is 0 Å². The molecule has 1 nitrogen and oxygen atoms in total. The Bertz CT molecular complexity index is 356. The average Bonchev–Trinajstić information content (AvgIpc) is 2.33. The van der Waals surface area contributed by atoms with Crippen molar-refractivity contribution in [2.75, 3.05) is 13.1 Å². The molecule has 1 N–H and O–H groups in total. The van der Waals surface area contributed by atoms with Gasteiger partial charge in [0, 0.05) is 0 Å². The predicted molar refractivity (Wildman–Crippen MR) is 65.4 cm³/mol. The lowest BCUT2D eigenvalue weighted by atomic mass is 9.88. The minimum Gasteiger partial charge on any atom is -0.317 e. The third-order valence-corrected chi connectivity index (χ3v) is 3.65. The second kappa shape index (κ2) is 4.96. The Morgan fingerprint density at radius 3 is 2.50 bits per heavy atom. The summed E-state index contributed by atoms with van der Waals surface area (Å²) >= 11 is 0. The minimum atomic E-state index is -0.790. The van der Waals surface area contributed by atoms with Crippen LogP contribution in [0.2, 0.25) is 0 Å². The number of rotatable bonds is 2. The summed E-state index contributed by atoms with van der Waals surface area (Å²) in [6, 6.07) is 5.97. The largest absolute Gasteiger partial charge is 0.317 e. The van der Waals surface area contributed by atoms with Crippen LogP contribution in [0.25, 0.3) is 0 Å². The maximum Gasteiger partial charge on any atom is 0.128 e. The van der Waals surface area contributed by atoms with Crippen LogP contribution in [0.5, 0.6) is 0 Å². The van der Waals surface area contributed by atoms with Gasteiger partial charge >= 0.3 is 0 Å². The molecule has 2 heteroatoms. The highest BCUT2D eigenvalue weighted by molar-refractivity contribution is 5.31. The van der Waals surface area contributed by atoms with Crippen molar-refractivity contribution in [2.45, 2.75) is 32.9 Å². The van der Waals surface area contributed by atoms with E-state index < -0.39 is 6.17 Å². The van der Waals surface area contributed by atoms with Crippen molar-refractivity contribution in [1.82, 2.24) is 5.32 Å². The Labute approximate surface area is 97.1 Å². The van der Waals surface area contributed by atoms with E-state index in [0.717, 1.165) is 31.5 Å². The molecule has 2 rings (SSSR count). The quantitative estimate of drug-likeness (QED) is 0.808. The Morgan fingerprint density at radius 1 is 1.19 bits per heavy atom. The Kier molecular flexibility index (Phi) is 3.59. The van der Waals surface area contributed by atoms with Crippen LogP contribution in [0.3, 0.4) is 0 Å². The summed E-state index contributed by atoms with van der Waals surface area (Å²) in [6.07, 6.45) is 1.11. The van der Waals surface area contributed by atoms with Crippen LogP contribution in [0.1, 0.15) is 35.7 Å². The van der Waals surface area contributed by atoms with E-state index in [1.54, 1.807) is 0 Å². The molecule has 1 saturated heterocycles. The summed E-state index contributed by atoms with van der Waals surface area (Å²) in [7, 11) is 0. The number of aryl methyl sites for hydroxylation is 2. The van der Waals surface area contributed by atoms with E-state index in [1.165, 1.54) is 11.1 Å². The molecule has 0 spiro atoms. The summed E-state index contributed by atoms with van der Waals surface area (Å²) in [5.41, 5.74) is 3.28. The first kappa shape index (κ1) is 11.6. The Hall–Kier alpha value is -0.890. The summed E-state index contributed by atoms with van der Waals surface area (Å²) < 4.78 is 14.3. The molecule has 1 aromatic carbocycles. The number of halogens is 1. The van der Waals surface area contributed by atoms with Gasteiger partial charge in [0.2, 0.25) is 0 Å². The number of piperidine rings is 1. The third kappa shape index (κ3) is 2.43. The lowest BCUT2D eigenvalue weighted by molar-refractivity contribution is 0.190. The second-order valence-corrected chi connectivity index (χ2v) is 4.83. The van der Waals surface area contributed by atoms with Gasteiger partial charge in [-0.2, -0.15) is 0 Å². The van der Waals surface area contributed by atoms with E-state index in [-0.39, 0.29) is 5.92 Å². The fourth-order valence-electron chi connectivity index (χ4n) is 2.35. The summed E-state index contributed by atoms with van der Waals surface area (Å²) in [5, 5.41) is 3.27. The highest BCUT2D eigenvalue weighted by atomic mass is 19.1. The normalized spacial score (nSPS) is 19.7. The number of nitrogens with one attached hydrogen (secondary N) is 1. The van der Waals surface area contributed by atoms with E-state index >= 15 is 0 Å². The smallest absolute Gasteiger partial charge is 0.128 e. The van der Waals surface area contributed by atoms with Gasteiger partial charge in [0.1, 0.15) is 6.17 Å². The molecule has 0 saturated carbocycles. The van der Waals surface area contributed by atoms with Crippen LogP contribution in [0.15, 0.2) is 18.2 Å². The standard InChI is InChI=1S/C14H20FN/c1-10-3-4-13(9-11(10)2)14(15)12-5-7-16-8-6-12/h3-4,9,12,14,16H,5-8H2,1-2H3.